The van der Waals surface area contributed by atoms with Gasteiger partial charge in [0.2, 0.25) is 0 Å². The van der Waals surface area contributed by atoms with Gasteiger partial charge in [0.1, 0.15) is 0 Å². The highest BCUT2D eigenvalue weighted by Crippen LogP contribution is 1.60. The Morgan fingerprint density at radius 3 is 1.17 bits per heavy atom. The molecule has 0 unspecified atom stereocenters. The van der Waals surface area contributed by atoms with E-state index in [4.69, 9.17) is 0 Å². The van der Waals surface area contributed by atoms with E-state index in [0.717, 1.165) is 0 Å². The van der Waals surface area contributed by atoms with Gasteiger partial charge in [-0.1, -0.05) is 12.2 Å². The molecule has 0 spiro atoms. The van der Waals surface area contributed by atoms with Crippen LogP contribution in [0.2, 0.25) is 0 Å². The molecule has 2 heteroatoms. The summed E-state index contributed by atoms with van der Waals surface area (Å²) < 4.78 is 0. The lowest BCUT2D eigenvalue weighted by Gasteiger charge is -1.63. The molecule has 0 aliphatic heterocycles. The minimum absolute atomic E-state index is 1.75. The van der Waals surface area contributed by atoms with E-state index >= 15 is 0 Å². The van der Waals surface area contributed by atoms with E-state index < -0.39 is 0 Å². The Hall–Kier alpha value is -1.18. The molecule has 0 aliphatic rings. The summed E-state index contributed by atoms with van der Waals surface area (Å²) in [5.41, 5.74) is 0. The lowest BCUT2D eigenvalue weighted by Crippen LogP contribution is -1.56. The maximum absolute atomic E-state index is 3.71. The highest BCUT2D eigenvalue weighted by Gasteiger charge is 1.49. The standard InChI is InChI=1S/2C5H9N/c2*1-3-4-5-6-2/h2*3-5H,1-2H3/b2*4-3-,6-5?. The monoisotopic (exact) mass is 166 g/mol. The first-order valence-corrected chi connectivity index (χ1v) is 3.90. The second-order valence-corrected chi connectivity index (χ2v) is 1.87. The summed E-state index contributed by atoms with van der Waals surface area (Å²) in [7, 11) is 3.50. The highest BCUT2D eigenvalue weighted by molar-refractivity contribution is 5.70. The fourth-order valence-electron chi connectivity index (χ4n) is 0.344. The van der Waals surface area contributed by atoms with E-state index in [0.29, 0.717) is 0 Å². The van der Waals surface area contributed by atoms with Crippen LogP contribution in [0.1, 0.15) is 13.8 Å². The second-order valence-electron chi connectivity index (χ2n) is 1.87. The normalized spacial score (nSPS) is 11.7. The van der Waals surface area contributed by atoms with Gasteiger partial charge in [0.15, 0.2) is 0 Å². The maximum atomic E-state index is 3.71. The Balaban J connectivity index is 0. The lowest BCUT2D eigenvalue weighted by atomic mass is 10.6. The lowest BCUT2D eigenvalue weighted by molar-refractivity contribution is 1.47. The van der Waals surface area contributed by atoms with Crippen LogP contribution in [0.4, 0.5) is 0 Å². The molecule has 68 valence electrons. The van der Waals surface area contributed by atoms with E-state index in [2.05, 4.69) is 9.98 Å². The predicted octanol–water partition coefficient (Wildman–Crippen LogP) is 2.53. The van der Waals surface area contributed by atoms with E-state index in [-0.39, 0.29) is 0 Å². The number of allylic oxidation sites excluding steroid dienone is 4. The molecule has 0 bridgehead atoms. The molecule has 0 fully saturated rings. The Kier molecular flexibility index (Phi) is 18.4. The maximum Gasteiger partial charge on any atom is 0.0277 e. The molecule has 0 N–H and O–H groups in total. The third kappa shape index (κ3) is 23.2. The number of aliphatic imine (C=N–C) groups is 2. The minimum Gasteiger partial charge on any atom is -0.297 e. The number of hydrogen-bond donors (Lipinski definition) is 0. The van der Waals surface area contributed by atoms with Crippen LogP contribution in [0.25, 0.3) is 0 Å². The molecule has 0 heterocycles. The zero-order valence-corrected chi connectivity index (χ0v) is 8.36. The van der Waals surface area contributed by atoms with Crippen molar-refractivity contribution in [1.29, 1.82) is 0 Å². The van der Waals surface area contributed by atoms with Crippen LogP contribution in [0, 0.1) is 0 Å². The molecule has 0 saturated heterocycles. The van der Waals surface area contributed by atoms with Gasteiger partial charge in [-0.3, -0.25) is 9.98 Å². The van der Waals surface area contributed by atoms with E-state index in [9.17, 15) is 0 Å². The van der Waals surface area contributed by atoms with Gasteiger partial charge in [-0.2, -0.15) is 0 Å². The van der Waals surface area contributed by atoms with Crippen LogP contribution in [-0.2, 0) is 0 Å². The number of rotatable bonds is 2. The average molecular weight is 166 g/mol. The molecular formula is C10H18N2. The third-order valence-corrected chi connectivity index (χ3v) is 0.855. The van der Waals surface area contributed by atoms with Crippen LogP contribution >= 0.6 is 0 Å². The summed E-state index contributed by atoms with van der Waals surface area (Å²) in [5, 5.41) is 0. The molecule has 0 radical (unpaired) electrons. The van der Waals surface area contributed by atoms with Crippen molar-refractivity contribution in [2.24, 2.45) is 9.98 Å². The van der Waals surface area contributed by atoms with Crippen molar-refractivity contribution >= 4 is 12.4 Å². The smallest absolute Gasteiger partial charge is 0.0277 e. The molecular weight excluding hydrogens is 148 g/mol. The summed E-state index contributed by atoms with van der Waals surface area (Å²) in [6.07, 6.45) is 11.2. The summed E-state index contributed by atoms with van der Waals surface area (Å²) >= 11 is 0. The van der Waals surface area contributed by atoms with Gasteiger partial charge in [0.05, 0.1) is 0 Å². The van der Waals surface area contributed by atoms with Crippen molar-refractivity contribution in [3.63, 3.8) is 0 Å². The summed E-state index contributed by atoms with van der Waals surface area (Å²) in [5.74, 6) is 0. The van der Waals surface area contributed by atoms with Crippen molar-refractivity contribution in [3.05, 3.63) is 24.3 Å². The largest absolute Gasteiger partial charge is 0.297 e. The van der Waals surface area contributed by atoms with Gasteiger partial charge in [0.25, 0.3) is 0 Å². The van der Waals surface area contributed by atoms with Crippen LogP contribution in [-0.4, -0.2) is 26.5 Å². The Labute approximate surface area is 75.4 Å². The quantitative estimate of drug-likeness (QED) is 0.563. The van der Waals surface area contributed by atoms with Crippen LogP contribution in [0.5, 0.6) is 0 Å². The van der Waals surface area contributed by atoms with Crippen molar-refractivity contribution in [3.8, 4) is 0 Å². The highest BCUT2D eigenvalue weighted by atomic mass is 14.6. The molecule has 0 aromatic rings. The van der Waals surface area contributed by atoms with Gasteiger partial charge >= 0.3 is 0 Å². The van der Waals surface area contributed by atoms with Gasteiger partial charge in [-0.25, -0.2) is 0 Å². The SMILES string of the molecule is C/C=C\C=NC.C/C=C\C=NC. The fraction of sp³-hybridized carbons (Fsp3) is 0.400. The summed E-state index contributed by atoms with van der Waals surface area (Å²) in [6.45, 7) is 3.92. The molecule has 0 rings (SSSR count). The van der Waals surface area contributed by atoms with Crippen LogP contribution in [0.15, 0.2) is 34.3 Å². The molecule has 12 heavy (non-hydrogen) atoms. The fourth-order valence-corrected chi connectivity index (χ4v) is 0.344. The van der Waals surface area contributed by atoms with Crippen molar-refractivity contribution < 1.29 is 0 Å². The Morgan fingerprint density at radius 1 is 0.750 bits per heavy atom. The molecule has 0 aromatic heterocycles. The van der Waals surface area contributed by atoms with Crippen molar-refractivity contribution in [2.45, 2.75) is 13.8 Å². The zero-order valence-electron chi connectivity index (χ0n) is 8.36. The predicted molar refractivity (Wildman–Crippen MR) is 58.5 cm³/mol. The summed E-state index contributed by atoms with van der Waals surface area (Å²) in [6, 6.07) is 0. The van der Waals surface area contributed by atoms with E-state index in [1.54, 1.807) is 26.5 Å². The first-order chi connectivity index (χ1) is 5.83. The van der Waals surface area contributed by atoms with Gasteiger partial charge < -0.3 is 0 Å². The van der Waals surface area contributed by atoms with E-state index in [1.165, 1.54) is 0 Å². The molecule has 0 amide bonds. The molecule has 0 atom stereocenters. The summed E-state index contributed by atoms with van der Waals surface area (Å²) in [4.78, 5) is 7.43. The molecule has 0 aromatic carbocycles. The minimum atomic E-state index is 1.75. The topological polar surface area (TPSA) is 24.7 Å². The van der Waals surface area contributed by atoms with Gasteiger partial charge in [0, 0.05) is 26.5 Å². The Bertz CT molecular complexity index is 125. The Morgan fingerprint density at radius 2 is 1.08 bits per heavy atom. The number of nitrogens with zero attached hydrogens (tertiary/aromatic N) is 2. The van der Waals surface area contributed by atoms with Crippen molar-refractivity contribution in [1.82, 2.24) is 0 Å². The zero-order chi connectivity index (χ0) is 9.66. The first kappa shape index (κ1) is 13.4. The van der Waals surface area contributed by atoms with Crippen LogP contribution < -0.4 is 0 Å². The van der Waals surface area contributed by atoms with Gasteiger partial charge in [-0.15, -0.1) is 0 Å². The molecule has 0 saturated carbocycles. The van der Waals surface area contributed by atoms with E-state index in [1.807, 2.05) is 38.2 Å². The average Bonchev–Trinajstić information content (AvgIpc) is 2.12. The second kappa shape index (κ2) is 16.4. The molecule has 2 nitrogen and oxygen atoms in total. The molecule has 0 aliphatic carbocycles. The first-order valence-electron chi connectivity index (χ1n) is 3.90. The van der Waals surface area contributed by atoms with Gasteiger partial charge in [-0.05, 0) is 26.0 Å². The number of hydrogen-bond acceptors (Lipinski definition) is 2. The third-order valence-electron chi connectivity index (χ3n) is 0.855. The van der Waals surface area contributed by atoms with Crippen LogP contribution in [0.3, 0.4) is 0 Å². The van der Waals surface area contributed by atoms with Crippen molar-refractivity contribution in [2.75, 3.05) is 14.1 Å².